The summed E-state index contributed by atoms with van der Waals surface area (Å²) in [5, 5.41) is 0. The quantitative estimate of drug-likeness (QED) is 0.241. The minimum Gasteiger partial charge on any atom is -0.0649 e. The lowest BCUT2D eigenvalue weighted by atomic mass is 9.44. The first kappa shape index (κ1) is 36.0. The number of fused-ring (bicyclic) bond motifs is 13. The van der Waals surface area contributed by atoms with Gasteiger partial charge >= 0.3 is 0 Å². The van der Waals surface area contributed by atoms with Crippen LogP contribution >= 0.6 is 0 Å². The van der Waals surface area contributed by atoms with E-state index in [-0.39, 0.29) is 0 Å². The molecule has 15 atom stereocenters. The first-order valence-corrected chi connectivity index (χ1v) is 23.6. The summed E-state index contributed by atoms with van der Waals surface area (Å²) in [6.07, 6.45) is 34.4. The van der Waals surface area contributed by atoms with Crippen LogP contribution in [0.1, 0.15) is 197 Å². The number of hydrogen-bond acceptors (Lipinski definition) is 0. The summed E-state index contributed by atoms with van der Waals surface area (Å²) in [4.78, 5) is 0. The monoisotopic (exact) mass is 673 g/mol. The third-order valence-electron chi connectivity index (χ3n) is 21.0. The fourth-order valence-electron chi connectivity index (χ4n) is 18.2. The average molecular weight is 673 g/mol. The van der Waals surface area contributed by atoms with Crippen LogP contribution in [-0.2, 0) is 0 Å². The molecule has 0 aromatic carbocycles. The Morgan fingerprint density at radius 1 is 0.531 bits per heavy atom. The molecule has 280 valence electrons. The third-order valence-corrected chi connectivity index (χ3v) is 21.0. The van der Waals surface area contributed by atoms with Gasteiger partial charge in [-0.1, -0.05) is 113 Å². The molecular formula is C49H84. The summed E-state index contributed by atoms with van der Waals surface area (Å²) in [5.41, 5.74) is 1.70. The predicted molar refractivity (Wildman–Crippen MR) is 210 cm³/mol. The van der Waals surface area contributed by atoms with Crippen molar-refractivity contribution >= 4 is 0 Å². The van der Waals surface area contributed by atoms with E-state index in [1.165, 1.54) is 32.1 Å². The van der Waals surface area contributed by atoms with Crippen LogP contribution in [-0.4, -0.2) is 0 Å². The van der Waals surface area contributed by atoms with Gasteiger partial charge < -0.3 is 0 Å². The van der Waals surface area contributed by atoms with Crippen LogP contribution in [0.2, 0.25) is 0 Å². The molecule has 8 rings (SSSR count). The Bertz CT molecular complexity index is 1090. The molecule has 0 radical (unpaired) electrons. The second-order valence-electron chi connectivity index (χ2n) is 22.4. The zero-order chi connectivity index (χ0) is 34.3. The summed E-state index contributed by atoms with van der Waals surface area (Å²) >= 11 is 0. The highest BCUT2D eigenvalue weighted by Crippen LogP contribution is 2.77. The van der Waals surface area contributed by atoms with Gasteiger partial charge in [0, 0.05) is 0 Å². The molecule has 0 aliphatic heterocycles. The molecule has 0 amide bonds. The maximum Gasteiger partial charge on any atom is -0.0227 e. The van der Waals surface area contributed by atoms with Crippen molar-refractivity contribution in [1.29, 1.82) is 0 Å². The Morgan fingerprint density at radius 2 is 1.10 bits per heavy atom. The molecular weight excluding hydrogens is 589 g/mol. The summed E-state index contributed by atoms with van der Waals surface area (Å²) in [5.74, 6) is 16.9. The Morgan fingerprint density at radius 3 is 1.73 bits per heavy atom. The van der Waals surface area contributed by atoms with E-state index < -0.39 is 0 Å². The first-order chi connectivity index (χ1) is 23.6. The van der Waals surface area contributed by atoms with Gasteiger partial charge in [-0.15, -0.1) is 0 Å². The van der Waals surface area contributed by atoms with Crippen molar-refractivity contribution in [3.63, 3.8) is 0 Å². The smallest absolute Gasteiger partial charge is 0.0227 e. The summed E-state index contributed by atoms with van der Waals surface area (Å²) < 4.78 is 0. The zero-order valence-corrected chi connectivity index (χ0v) is 34.3. The van der Waals surface area contributed by atoms with Crippen molar-refractivity contribution in [3.8, 4) is 0 Å². The van der Waals surface area contributed by atoms with E-state index >= 15 is 0 Å². The molecule has 0 N–H and O–H groups in total. The molecule has 0 nitrogen and oxygen atoms in total. The van der Waals surface area contributed by atoms with Gasteiger partial charge in [-0.25, -0.2) is 0 Å². The minimum absolute atomic E-state index is 0.526. The molecule has 8 saturated carbocycles. The van der Waals surface area contributed by atoms with E-state index in [4.69, 9.17) is 0 Å². The van der Waals surface area contributed by atoms with Gasteiger partial charge in [0.2, 0.25) is 0 Å². The lowest BCUT2D eigenvalue weighted by Gasteiger charge is -2.60. The second kappa shape index (κ2) is 13.7. The van der Waals surface area contributed by atoms with E-state index in [1.54, 1.807) is 109 Å². The molecule has 49 heavy (non-hydrogen) atoms. The SMILES string of the molecule is CCC(C)(CC)C1CC(C(C)(CC)CC)CC2(C1)C1CCC3C4CCC5CCCCC5C4CC3C1C1CC(CC(C)C)C3CCCCC3C12. The standard InChI is InChI=1S/C49H84/c1-9-47(7,10-2)34-27-35(48(8,11-3)12-4)30-49(29-34)44-24-23-39-38-22-21-32-17-13-14-18-36(32)41(38)28-42(39)45(44)43-26-33(25-31(5)6)37-19-15-16-20-40(37)46(43)49/h31-46H,9-30H2,1-8H3. The normalized spacial score (nSPS) is 49.5. The van der Waals surface area contributed by atoms with Crippen molar-refractivity contribution in [3.05, 3.63) is 0 Å². The van der Waals surface area contributed by atoms with Crippen molar-refractivity contribution in [2.24, 2.45) is 111 Å². The predicted octanol–water partition coefficient (Wildman–Crippen LogP) is 14.7. The molecule has 0 heterocycles. The lowest BCUT2D eigenvalue weighted by Crippen LogP contribution is -2.53. The van der Waals surface area contributed by atoms with E-state index in [0.717, 1.165) is 94.7 Å². The Labute approximate surface area is 306 Å². The van der Waals surface area contributed by atoms with Crippen LogP contribution in [0.4, 0.5) is 0 Å². The molecule has 0 aromatic rings. The van der Waals surface area contributed by atoms with Crippen LogP contribution in [0.3, 0.4) is 0 Å². The van der Waals surface area contributed by atoms with Crippen LogP contribution in [0.15, 0.2) is 0 Å². The Hall–Kier alpha value is 0. The van der Waals surface area contributed by atoms with Crippen LogP contribution in [0, 0.1) is 111 Å². The number of hydrogen-bond donors (Lipinski definition) is 0. The third kappa shape index (κ3) is 5.66. The van der Waals surface area contributed by atoms with E-state index in [1.807, 2.05) is 0 Å². The maximum absolute atomic E-state index is 2.77. The summed E-state index contributed by atoms with van der Waals surface area (Å²) in [6.45, 7) is 21.0. The Balaban J connectivity index is 1.24. The highest BCUT2D eigenvalue weighted by Gasteiger charge is 2.71. The maximum atomic E-state index is 2.77. The molecule has 15 unspecified atom stereocenters. The highest BCUT2D eigenvalue weighted by atomic mass is 14.8. The molecule has 8 fully saturated rings. The molecule has 0 bridgehead atoms. The first-order valence-electron chi connectivity index (χ1n) is 23.6. The number of rotatable bonds is 8. The molecule has 0 heteroatoms. The molecule has 1 spiro atoms. The molecule has 0 aromatic heterocycles. The van der Waals surface area contributed by atoms with Gasteiger partial charge in [0.25, 0.3) is 0 Å². The van der Waals surface area contributed by atoms with Crippen LogP contribution in [0.25, 0.3) is 0 Å². The Kier molecular flexibility index (Phi) is 10.1. The van der Waals surface area contributed by atoms with Gasteiger partial charge in [-0.3, -0.25) is 0 Å². The lowest BCUT2D eigenvalue weighted by molar-refractivity contribution is -0.115. The van der Waals surface area contributed by atoms with Crippen LogP contribution in [0.5, 0.6) is 0 Å². The fourth-order valence-corrected chi connectivity index (χ4v) is 18.2. The minimum atomic E-state index is 0.526. The second-order valence-corrected chi connectivity index (χ2v) is 22.4. The van der Waals surface area contributed by atoms with E-state index in [2.05, 4.69) is 55.4 Å². The molecule has 8 aliphatic rings. The van der Waals surface area contributed by atoms with Gasteiger partial charge in [0.15, 0.2) is 0 Å². The van der Waals surface area contributed by atoms with Crippen LogP contribution < -0.4 is 0 Å². The van der Waals surface area contributed by atoms with E-state index in [0.29, 0.717) is 16.2 Å². The summed E-state index contributed by atoms with van der Waals surface area (Å²) in [7, 11) is 0. The van der Waals surface area contributed by atoms with Gasteiger partial charge in [-0.2, -0.15) is 0 Å². The molecule has 0 saturated heterocycles. The van der Waals surface area contributed by atoms with E-state index in [9.17, 15) is 0 Å². The van der Waals surface area contributed by atoms with Crippen molar-refractivity contribution < 1.29 is 0 Å². The highest BCUT2D eigenvalue weighted by molar-refractivity contribution is 5.19. The van der Waals surface area contributed by atoms with Gasteiger partial charge in [0.1, 0.15) is 0 Å². The van der Waals surface area contributed by atoms with Crippen molar-refractivity contribution in [2.45, 2.75) is 197 Å². The topological polar surface area (TPSA) is 0 Å². The average Bonchev–Trinajstić information content (AvgIpc) is 3.64. The largest absolute Gasteiger partial charge is 0.0649 e. The summed E-state index contributed by atoms with van der Waals surface area (Å²) in [6, 6.07) is 0. The van der Waals surface area contributed by atoms with Crippen molar-refractivity contribution in [2.75, 3.05) is 0 Å². The fraction of sp³-hybridized carbons (Fsp3) is 1.00. The molecule has 8 aliphatic carbocycles. The zero-order valence-electron chi connectivity index (χ0n) is 34.3. The van der Waals surface area contributed by atoms with Crippen molar-refractivity contribution in [1.82, 2.24) is 0 Å². The van der Waals surface area contributed by atoms with Gasteiger partial charge in [-0.05, 0) is 194 Å². The van der Waals surface area contributed by atoms with Gasteiger partial charge in [0.05, 0.1) is 0 Å².